The van der Waals surface area contributed by atoms with E-state index in [-0.39, 0.29) is 0 Å². The third-order valence-electron chi connectivity index (χ3n) is 4.48. The number of alkyl halides is 1. The normalized spacial score (nSPS) is 17.0. The number of aromatic nitrogens is 2. The minimum absolute atomic E-state index is 0.573. The summed E-state index contributed by atoms with van der Waals surface area (Å²) in [5, 5.41) is 0. The zero-order valence-corrected chi connectivity index (χ0v) is 13.4. The summed E-state index contributed by atoms with van der Waals surface area (Å²) in [7, 11) is 1.70. The van der Waals surface area contributed by atoms with Crippen LogP contribution < -0.4 is 4.74 Å². The van der Waals surface area contributed by atoms with Gasteiger partial charge in [0.25, 0.3) is 0 Å². The van der Waals surface area contributed by atoms with Crippen LogP contribution in [-0.4, -0.2) is 22.5 Å². The third-order valence-corrected chi connectivity index (χ3v) is 4.67. The van der Waals surface area contributed by atoms with E-state index in [9.17, 15) is 0 Å². The highest BCUT2D eigenvalue weighted by atomic mass is 35.5. The summed E-state index contributed by atoms with van der Waals surface area (Å²) in [5.41, 5.74) is 2.25. The number of fused-ring (bicyclic) bond motifs is 1. The van der Waals surface area contributed by atoms with E-state index in [1.807, 2.05) is 12.1 Å². The summed E-state index contributed by atoms with van der Waals surface area (Å²) < 4.78 is 7.77. The van der Waals surface area contributed by atoms with Gasteiger partial charge in [0.2, 0.25) is 0 Å². The van der Waals surface area contributed by atoms with Crippen LogP contribution in [0.3, 0.4) is 0 Å². The van der Waals surface area contributed by atoms with Crippen molar-refractivity contribution >= 4 is 22.6 Å². The standard InChI is InChI=1S/C17H23ClN2O/c1-21-14-8-9-16-15(12-14)19-17(10-11-18)20(16)13-6-4-2-3-5-7-13/h8-9,12-13H,2-7,10-11H2,1H3. The van der Waals surface area contributed by atoms with E-state index in [4.69, 9.17) is 21.3 Å². The minimum Gasteiger partial charge on any atom is -0.497 e. The molecule has 0 amide bonds. The fourth-order valence-corrected chi connectivity index (χ4v) is 3.61. The van der Waals surface area contributed by atoms with E-state index in [0.717, 1.165) is 23.5 Å². The molecule has 0 atom stereocenters. The van der Waals surface area contributed by atoms with Gasteiger partial charge in [0, 0.05) is 24.4 Å². The lowest BCUT2D eigenvalue weighted by molar-refractivity contribution is 0.415. The molecule has 1 aliphatic carbocycles. The average molecular weight is 307 g/mol. The maximum absolute atomic E-state index is 5.99. The summed E-state index contributed by atoms with van der Waals surface area (Å²) in [5.74, 6) is 2.61. The molecular weight excluding hydrogens is 284 g/mol. The summed E-state index contributed by atoms with van der Waals surface area (Å²) in [4.78, 5) is 4.82. The molecule has 3 rings (SSSR count). The van der Waals surface area contributed by atoms with Crippen LogP contribution in [0.1, 0.15) is 50.4 Å². The van der Waals surface area contributed by atoms with Crippen molar-refractivity contribution in [3.63, 3.8) is 0 Å². The van der Waals surface area contributed by atoms with Gasteiger partial charge in [-0.3, -0.25) is 0 Å². The topological polar surface area (TPSA) is 27.1 Å². The van der Waals surface area contributed by atoms with Crippen LogP contribution in [0.15, 0.2) is 18.2 Å². The molecule has 0 radical (unpaired) electrons. The molecule has 0 aliphatic heterocycles. The summed E-state index contributed by atoms with van der Waals surface area (Å²) in [6.07, 6.45) is 8.71. The Morgan fingerprint density at radius 2 is 2.00 bits per heavy atom. The van der Waals surface area contributed by atoms with Crippen LogP contribution in [0.4, 0.5) is 0 Å². The molecule has 1 aromatic carbocycles. The molecule has 21 heavy (non-hydrogen) atoms. The predicted octanol–water partition coefficient (Wildman–Crippen LogP) is 4.72. The monoisotopic (exact) mass is 306 g/mol. The number of ether oxygens (including phenoxy) is 1. The Bertz CT molecular complexity index is 600. The van der Waals surface area contributed by atoms with Crippen LogP contribution in [0.2, 0.25) is 0 Å². The zero-order valence-electron chi connectivity index (χ0n) is 12.6. The summed E-state index contributed by atoms with van der Waals surface area (Å²) >= 11 is 5.99. The molecule has 0 N–H and O–H groups in total. The number of aryl methyl sites for hydroxylation is 1. The van der Waals surface area contributed by atoms with Crippen molar-refractivity contribution in [1.82, 2.24) is 9.55 Å². The van der Waals surface area contributed by atoms with E-state index in [0.29, 0.717) is 11.9 Å². The second-order valence-corrected chi connectivity index (χ2v) is 6.22. The molecule has 0 bridgehead atoms. The lowest BCUT2D eigenvalue weighted by Gasteiger charge is -2.20. The van der Waals surface area contributed by atoms with Gasteiger partial charge in [-0.05, 0) is 25.0 Å². The molecule has 1 aromatic heterocycles. The zero-order chi connectivity index (χ0) is 14.7. The van der Waals surface area contributed by atoms with Gasteiger partial charge in [0.15, 0.2) is 0 Å². The van der Waals surface area contributed by atoms with Crippen molar-refractivity contribution in [2.75, 3.05) is 13.0 Å². The maximum Gasteiger partial charge on any atom is 0.121 e. The van der Waals surface area contributed by atoms with Crippen molar-refractivity contribution in [3.8, 4) is 5.75 Å². The second kappa shape index (κ2) is 6.69. The van der Waals surface area contributed by atoms with Gasteiger partial charge >= 0.3 is 0 Å². The highest BCUT2D eigenvalue weighted by Gasteiger charge is 2.20. The molecule has 2 aromatic rings. The van der Waals surface area contributed by atoms with Gasteiger partial charge in [-0.1, -0.05) is 25.7 Å². The Labute approximate surface area is 131 Å². The van der Waals surface area contributed by atoms with Crippen molar-refractivity contribution < 1.29 is 4.74 Å². The molecular formula is C17H23ClN2O. The van der Waals surface area contributed by atoms with Crippen LogP contribution in [-0.2, 0) is 6.42 Å². The molecule has 3 nitrogen and oxygen atoms in total. The Hall–Kier alpha value is -1.22. The SMILES string of the molecule is COc1ccc2c(c1)nc(CCCl)n2C1CCCCCC1. The number of benzene rings is 1. The van der Waals surface area contributed by atoms with Gasteiger partial charge in [0.05, 0.1) is 18.1 Å². The van der Waals surface area contributed by atoms with Crippen LogP contribution >= 0.6 is 11.6 Å². The Morgan fingerprint density at radius 3 is 2.67 bits per heavy atom. The van der Waals surface area contributed by atoms with E-state index < -0.39 is 0 Å². The van der Waals surface area contributed by atoms with Gasteiger partial charge in [-0.15, -0.1) is 11.6 Å². The highest BCUT2D eigenvalue weighted by molar-refractivity contribution is 6.17. The molecule has 1 saturated carbocycles. The van der Waals surface area contributed by atoms with Gasteiger partial charge in [-0.2, -0.15) is 0 Å². The fraction of sp³-hybridized carbons (Fsp3) is 0.588. The lowest BCUT2D eigenvalue weighted by Crippen LogP contribution is -2.12. The van der Waals surface area contributed by atoms with E-state index in [1.165, 1.54) is 44.0 Å². The van der Waals surface area contributed by atoms with Gasteiger partial charge in [0.1, 0.15) is 11.6 Å². The molecule has 0 unspecified atom stereocenters. The summed E-state index contributed by atoms with van der Waals surface area (Å²) in [6.45, 7) is 0. The van der Waals surface area contributed by atoms with Gasteiger partial charge in [-0.25, -0.2) is 4.98 Å². The number of nitrogens with zero attached hydrogens (tertiary/aromatic N) is 2. The van der Waals surface area contributed by atoms with Gasteiger partial charge < -0.3 is 9.30 Å². The van der Waals surface area contributed by atoms with Crippen molar-refractivity contribution in [1.29, 1.82) is 0 Å². The number of hydrogen-bond acceptors (Lipinski definition) is 2. The van der Waals surface area contributed by atoms with E-state index in [2.05, 4.69) is 10.6 Å². The average Bonchev–Trinajstić information content (AvgIpc) is 2.68. The molecule has 0 spiro atoms. The van der Waals surface area contributed by atoms with Crippen LogP contribution in [0.25, 0.3) is 11.0 Å². The first-order valence-corrected chi connectivity index (χ1v) is 8.47. The quantitative estimate of drug-likeness (QED) is 0.603. The second-order valence-electron chi connectivity index (χ2n) is 5.84. The number of halogens is 1. The fourth-order valence-electron chi connectivity index (χ4n) is 3.44. The number of methoxy groups -OCH3 is 1. The number of imidazole rings is 1. The Morgan fingerprint density at radius 1 is 1.24 bits per heavy atom. The Kier molecular flexibility index (Phi) is 4.69. The largest absolute Gasteiger partial charge is 0.497 e. The van der Waals surface area contributed by atoms with Crippen LogP contribution in [0, 0.1) is 0 Å². The van der Waals surface area contributed by atoms with Crippen LogP contribution in [0.5, 0.6) is 5.75 Å². The predicted molar refractivity (Wildman–Crippen MR) is 87.4 cm³/mol. The molecule has 0 saturated heterocycles. The summed E-state index contributed by atoms with van der Waals surface area (Å²) in [6, 6.07) is 6.77. The minimum atomic E-state index is 0.573. The van der Waals surface area contributed by atoms with E-state index in [1.54, 1.807) is 7.11 Å². The Balaban J connectivity index is 2.06. The lowest BCUT2D eigenvalue weighted by atomic mass is 10.1. The molecule has 1 aliphatic rings. The highest BCUT2D eigenvalue weighted by Crippen LogP contribution is 2.33. The first-order valence-electron chi connectivity index (χ1n) is 7.94. The molecule has 1 fully saturated rings. The third kappa shape index (κ3) is 3.03. The number of hydrogen-bond donors (Lipinski definition) is 0. The van der Waals surface area contributed by atoms with E-state index >= 15 is 0 Å². The number of rotatable bonds is 4. The molecule has 1 heterocycles. The molecule has 114 valence electrons. The first kappa shape index (κ1) is 14.7. The van der Waals surface area contributed by atoms with Crippen molar-refractivity contribution in [2.45, 2.75) is 51.0 Å². The first-order chi connectivity index (χ1) is 10.3. The smallest absolute Gasteiger partial charge is 0.121 e. The van der Waals surface area contributed by atoms with Crippen molar-refractivity contribution in [3.05, 3.63) is 24.0 Å². The molecule has 4 heteroatoms. The maximum atomic E-state index is 5.99. The van der Waals surface area contributed by atoms with Crippen molar-refractivity contribution in [2.24, 2.45) is 0 Å².